The van der Waals surface area contributed by atoms with Gasteiger partial charge in [0, 0.05) is 25.5 Å². The van der Waals surface area contributed by atoms with E-state index in [4.69, 9.17) is 0 Å². The van der Waals surface area contributed by atoms with Crippen molar-refractivity contribution >= 4 is 21.6 Å². The predicted molar refractivity (Wildman–Crippen MR) is 134 cm³/mol. The van der Waals surface area contributed by atoms with Gasteiger partial charge in [0.15, 0.2) is 0 Å². The lowest BCUT2D eigenvalue weighted by Crippen LogP contribution is -2.31. The molecule has 0 unspecified atom stereocenters. The van der Waals surface area contributed by atoms with E-state index < -0.39 is 10.0 Å². The van der Waals surface area contributed by atoms with Gasteiger partial charge in [-0.3, -0.25) is 9.52 Å². The van der Waals surface area contributed by atoms with Crippen molar-refractivity contribution in [1.82, 2.24) is 9.47 Å². The average Bonchev–Trinajstić information content (AvgIpc) is 3.23. The van der Waals surface area contributed by atoms with E-state index in [1.54, 1.807) is 53.4 Å². The molecule has 3 aromatic carbocycles. The molecular formula is C27H27N3O3S. The molecule has 0 spiro atoms. The van der Waals surface area contributed by atoms with E-state index in [1.807, 2.05) is 67.2 Å². The largest absolute Gasteiger partial charge is 0.353 e. The number of para-hydroxylation sites is 1. The first-order valence-corrected chi connectivity index (χ1v) is 12.4. The summed E-state index contributed by atoms with van der Waals surface area (Å²) in [5, 5.41) is 0. The quantitative estimate of drug-likeness (QED) is 0.392. The van der Waals surface area contributed by atoms with Crippen LogP contribution in [0.2, 0.25) is 0 Å². The second-order valence-corrected chi connectivity index (χ2v) is 9.90. The van der Waals surface area contributed by atoms with Gasteiger partial charge in [0.1, 0.15) is 0 Å². The van der Waals surface area contributed by atoms with Gasteiger partial charge in [-0.2, -0.15) is 0 Å². The molecule has 0 atom stereocenters. The second-order valence-electron chi connectivity index (χ2n) is 8.22. The lowest BCUT2D eigenvalue weighted by atomic mass is 10.1. The highest BCUT2D eigenvalue weighted by atomic mass is 32.2. The summed E-state index contributed by atoms with van der Waals surface area (Å²) in [5.41, 5.74) is 3.47. The normalized spacial score (nSPS) is 11.2. The number of aromatic nitrogens is 1. The molecule has 0 aliphatic rings. The van der Waals surface area contributed by atoms with Gasteiger partial charge in [-0.15, -0.1) is 0 Å². The fourth-order valence-corrected chi connectivity index (χ4v) is 4.79. The summed E-state index contributed by atoms with van der Waals surface area (Å²) in [4.78, 5) is 15.6. The number of amides is 1. The predicted octanol–water partition coefficient (Wildman–Crippen LogP) is 4.98. The monoisotopic (exact) mass is 473 g/mol. The van der Waals surface area contributed by atoms with E-state index in [1.165, 1.54) is 0 Å². The molecule has 1 aromatic heterocycles. The Balaban J connectivity index is 1.66. The minimum absolute atomic E-state index is 0.144. The summed E-state index contributed by atoms with van der Waals surface area (Å²) in [5.74, 6) is -0.257. The van der Waals surface area contributed by atoms with Crippen molar-refractivity contribution in [3.63, 3.8) is 0 Å². The third-order valence-electron chi connectivity index (χ3n) is 5.64. The molecule has 1 N–H and O–H groups in total. The number of rotatable bonds is 8. The van der Waals surface area contributed by atoms with Crippen LogP contribution in [0.4, 0.5) is 5.69 Å². The Bertz CT molecular complexity index is 1380. The fourth-order valence-electron chi connectivity index (χ4n) is 3.71. The van der Waals surface area contributed by atoms with E-state index in [2.05, 4.69) is 4.72 Å². The number of aryl methyl sites for hydroxylation is 2. The maximum atomic E-state index is 13.8. The van der Waals surface area contributed by atoms with Crippen molar-refractivity contribution in [1.29, 1.82) is 0 Å². The molecule has 0 bridgehead atoms. The van der Waals surface area contributed by atoms with Crippen molar-refractivity contribution in [2.75, 3.05) is 4.72 Å². The van der Waals surface area contributed by atoms with Crippen molar-refractivity contribution in [2.24, 2.45) is 7.05 Å². The molecule has 0 saturated carbocycles. The molecule has 4 aromatic rings. The Kier molecular flexibility index (Phi) is 6.84. The van der Waals surface area contributed by atoms with E-state index in [0.29, 0.717) is 18.7 Å². The number of carbonyl (C=O) groups excluding carboxylic acids is 1. The second kappa shape index (κ2) is 9.97. The van der Waals surface area contributed by atoms with Crippen LogP contribution in [0, 0.1) is 6.92 Å². The van der Waals surface area contributed by atoms with Crippen molar-refractivity contribution < 1.29 is 13.2 Å². The highest BCUT2D eigenvalue weighted by molar-refractivity contribution is 7.92. The number of hydrogen-bond acceptors (Lipinski definition) is 3. The van der Waals surface area contributed by atoms with Gasteiger partial charge in [0.05, 0.1) is 22.7 Å². The standard InChI is InChI=1S/C27H27N3O3S/c1-21-14-16-24(17-15-21)34(32,33)28-26-13-7-6-12-25(26)27(31)30(19-22-9-4-3-5-10-22)20-23-11-8-18-29(23)2/h3-18,28H,19-20H2,1-2H3. The van der Waals surface area contributed by atoms with Gasteiger partial charge in [0.2, 0.25) is 0 Å². The molecule has 6 nitrogen and oxygen atoms in total. The van der Waals surface area contributed by atoms with Crippen molar-refractivity contribution in [2.45, 2.75) is 24.9 Å². The molecule has 0 aliphatic carbocycles. The zero-order chi connectivity index (χ0) is 24.1. The average molecular weight is 474 g/mol. The lowest BCUT2D eigenvalue weighted by molar-refractivity contribution is 0.0727. The molecule has 1 heterocycles. The molecular weight excluding hydrogens is 446 g/mol. The van der Waals surface area contributed by atoms with Crippen LogP contribution < -0.4 is 4.72 Å². The Morgan fingerprint density at radius 1 is 0.853 bits per heavy atom. The highest BCUT2D eigenvalue weighted by Gasteiger charge is 2.23. The van der Waals surface area contributed by atoms with Gasteiger partial charge in [0.25, 0.3) is 15.9 Å². The third-order valence-corrected chi connectivity index (χ3v) is 7.02. The zero-order valence-corrected chi connectivity index (χ0v) is 20.0. The first kappa shape index (κ1) is 23.3. The number of nitrogens with zero attached hydrogens (tertiary/aromatic N) is 2. The third kappa shape index (κ3) is 5.38. The van der Waals surface area contributed by atoms with Crippen molar-refractivity contribution in [3.8, 4) is 0 Å². The summed E-state index contributed by atoms with van der Waals surface area (Å²) in [6, 6.07) is 27.0. The topological polar surface area (TPSA) is 71.4 Å². The Morgan fingerprint density at radius 2 is 1.53 bits per heavy atom. The van der Waals surface area contributed by atoms with E-state index in [0.717, 1.165) is 16.8 Å². The van der Waals surface area contributed by atoms with Gasteiger partial charge in [-0.25, -0.2) is 8.42 Å². The van der Waals surface area contributed by atoms with E-state index in [9.17, 15) is 13.2 Å². The van der Waals surface area contributed by atoms with Crippen LogP contribution in [-0.4, -0.2) is 23.8 Å². The number of nitrogens with one attached hydrogen (secondary N) is 1. The zero-order valence-electron chi connectivity index (χ0n) is 19.2. The lowest BCUT2D eigenvalue weighted by Gasteiger charge is -2.25. The first-order valence-electron chi connectivity index (χ1n) is 11.0. The van der Waals surface area contributed by atoms with Crippen LogP contribution in [0.1, 0.15) is 27.2 Å². The van der Waals surface area contributed by atoms with Gasteiger partial charge in [-0.05, 0) is 48.9 Å². The van der Waals surface area contributed by atoms with Crippen LogP contribution in [0.3, 0.4) is 0 Å². The highest BCUT2D eigenvalue weighted by Crippen LogP contribution is 2.24. The molecule has 0 fully saturated rings. The summed E-state index contributed by atoms with van der Waals surface area (Å²) in [6.07, 6.45) is 1.93. The minimum atomic E-state index is -3.85. The van der Waals surface area contributed by atoms with Crippen LogP contribution in [0.25, 0.3) is 0 Å². The summed E-state index contributed by atoms with van der Waals surface area (Å²) in [6.45, 7) is 2.67. The SMILES string of the molecule is Cc1ccc(S(=O)(=O)Nc2ccccc2C(=O)N(Cc2ccccc2)Cc2cccn2C)cc1. The molecule has 0 radical (unpaired) electrons. The molecule has 4 rings (SSSR count). The van der Waals surface area contributed by atoms with Crippen LogP contribution in [0.5, 0.6) is 0 Å². The molecule has 0 aliphatic heterocycles. The smallest absolute Gasteiger partial charge is 0.261 e. The minimum Gasteiger partial charge on any atom is -0.353 e. The molecule has 174 valence electrons. The molecule has 7 heteroatoms. The Hall–Kier alpha value is -3.84. The van der Waals surface area contributed by atoms with Gasteiger partial charge < -0.3 is 9.47 Å². The van der Waals surface area contributed by atoms with Gasteiger partial charge in [-0.1, -0.05) is 60.2 Å². The number of benzene rings is 3. The molecule has 0 saturated heterocycles. The number of anilines is 1. The summed E-state index contributed by atoms with van der Waals surface area (Å²) < 4.78 is 30.6. The van der Waals surface area contributed by atoms with Crippen molar-refractivity contribution in [3.05, 3.63) is 120 Å². The molecule has 1 amide bonds. The summed E-state index contributed by atoms with van der Waals surface area (Å²) in [7, 11) is -1.92. The maximum Gasteiger partial charge on any atom is 0.261 e. The van der Waals surface area contributed by atoms with Crippen LogP contribution >= 0.6 is 0 Å². The Morgan fingerprint density at radius 3 is 2.21 bits per heavy atom. The van der Waals surface area contributed by atoms with Crippen LogP contribution in [0.15, 0.2) is 102 Å². The fraction of sp³-hybridized carbons (Fsp3) is 0.148. The Labute approximate surface area is 200 Å². The van der Waals surface area contributed by atoms with Crippen LogP contribution in [-0.2, 0) is 30.2 Å². The first-order chi connectivity index (χ1) is 16.3. The van der Waals surface area contributed by atoms with E-state index in [-0.39, 0.29) is 16.5 Å². The van der Waals surface area contributed by atoms with E-state index >= 15 is 0 Å². The number of sulfonamides is 1. The number of hydrogen-bond donors (Lipinski definition) is 1. The summed E-state index contributed by atoms with van der Waals surface area (Å²) >= 11 is 0. The maximum absolute atomic E-state index is 13.8. The van der Waals surface area contributed by atoms with Gasteiger partial charge >= 0.3 is 0 Å². The number of carbonyl (C=O) groups is 1. The molecule has 34 heavy (non-hydrogen) atoms.